The zero-order chi connectivity index (χ0) is 11.8. The molecule has 16 heavy (non-hydrogen) atoms. The smallest absolute Gasteiger partial charge is 0.0417 e. The van der Waals surface area contributed by atoms with Gasteiger partial charge in [0.1, 0.15) is 0 Å². The maximum atomic E-state index is 5.93. The van der Waals surface area contributed by atoms with Crippen LogP contribution >= 0.6 is 23.4 Å². The summed E-state index contributed by atoms with van der Waals surface area (Å²) < 4.78 is 0. The average molecular weight is 258 g/mol. The van der Waals surface area contributed by atoms with Crippen LogP contribution in [0.3, 0.4) is 0 Å². The van der Waals surface area contributed by atoms with E-state index >= 15 is 0 Å². The molecule has 0 bridgehead atoms. The first-order chi connectivity index (χ1) is 7.72. The lowest BCUT2D eigenvalue weighted by Gasteiger charge is -2.11. The summed E-state index contributed by atoms with van der Waals surface area (Å²) in [5.74, 6) is 1.16. The molecular formula is C13H20ClNS. The molecular weight excluding hydrogens is 238 g/mol. The van der Waals surface area contributed by atoms with E-state index in [1.807, 2.05) is 30.0 Å². The van der Waals surface area contributed by atoms with Crippen molar-refractivity contribution in [3.05, 3.63) is 29.3 Å². The zero-order valence-electron chi connectivity index (χ0n) is 10.0. The van der Waals surface area contributed by atoms with E-state index in [4.69, 9.17) is 11.6 Å². The molecule has 1 nitrogen and oxygen atoms in total. The Morgan fingerprint density at radius 2 is 2.25 bits per heavy atom. The molecule has 0 radical (unpaired) electrons. The lowest BCUT2D eigenvalue weighted by Crippen LogP contribution is -2.25. The second-order valence-corrected chi connectivity index (χ2v) is 5.51. The van der Waals surface area contributed by atoms with E-state index in [0.29, 0.717) is 6.04 Å². The third-order valence-electron chi connectivity index (χ3n) is 2.40. The highest BCUT2D eigenvalue weighted by atomic mass is 35.5. The van der Waals surface area contributed by atoms with Crippen molar-refractivity contribution in [2.24, 2.45) is 0 Å². The van der Waals surface area contributed by atoms with Crippen LogP contribution in [0.25, 0.3) is 0 Å². The second kappa shape index (κ2) is 7.99. The number of thioether (sulfide) groups is 1. The molecule has 0 saturated heterocycles. The highest BCUT2D eigenvalue weighted by molar-refractivity contribution is 7.99. The van der Waals surface area contributed by atoms with Crippen LogP contribution in [0.1, 0.15) is 26.7 Å². The average Bonchev–Trinajstić information content (AvgIpc) is 2.25. The summed E-state index contributed by atoms with van der Waals surface area (Å²) in [7, 11) is 0. The highest BCUT2D eigenvalue weighted by Crippen LogP contribution is 2.22. The lowest BCUT2D eigenvalue weighted by atomic mass is 10.2. The fourth-order valence-corrected chi connectivity index (χ4v) is 2.77. The summed E-state index contributed by atoms with van der Waals surface area (Å²) in [6, 6.07) is 8.69. The van der Waals surface area contributed by atoms with Crippen molar-refractivity contribution in [1.29, 1.82) is 0 Å². The SMILES string of the molecule is CCNC(C)CCCSc1cccc(Cl)c1. The molecule has 0 aliphatic heterocycles. The Hall–Kier alpha value is -0.180. The van der Waals surface area contributed by atoms with Crippen LogP contribution in [-0.4, -0.2) is 18.3 Å². The summed E-state index contributed by atoms with van der Waals surface area (Å²) >= 11 is 7.81. The van der Waals surface area contributed by atoms with Gasteiger partial charge in [-0.2, -0.15) is 0 Å². The molecule has 0 spiro atoms. The van der Waals surface area contributed by atoms with Gasteiger partial charge in [-0.1, -0.05) is 24.6 Å². The minimum Gasteiger partial charge on any atom is -0.315 e. The number of benzene rings is 1. The Balaban J connectivity index is 2.16. The van der Waals surface area contributed by atoms with Crippen LogP contribution in [0.15, 0.2) is 29.2 Å². The number of hydrogen-bond acceptors (Lipinski definition) is 2. The maximum absolute atomic E-state index is 5.93. The molecule has 0 saturated carbocycles. The first-order valence-electron chi connectivity index (χ1n) is 5.84. The summed E-state index contributed by atoms with van der Waals surface area (Å²) in [6.07, 6.45) is 2.48. The molecule has 0 aliphatic carbocycles. The quantitative estimate of drug-likeness (QED) is 0.580. The van der Waals surface area contributed by atoms with Gasteiger partial charge >= 0.3 is 0 Å². The third kappa shape index (κ3) is 5.78. The Morgan fingerprint density at radius 1 is 1.44 bits per heavy atom. The van der Waals surface area contributed by atoms with Gasteiger partial charge in [-0.05, 0) is 50.3 Å². The van der Waals surface area contributed by atoms with Crippen molar-refractivity contribution >= 4 is 23.4 Å². The van der Waals surface area contributed by atoms with Crippen LogP contribution in [0.5, 0.6) is 0 Å². The first-order valence-corrected chi connectivity index (χ1v) is 7.20. The Bertz CT molecular complexity index is 304. The molecule has 1 rings (SSSR count). The van der Waals surface area contributed by atoms with Gasteiger partial charge in [0, 0.05) is 16.0 Å². The Morgan fingerprint density at radius 3 is 2.94 bits per heavy atom. The lowest BCUT2D eigenvalue weighted by molar-refractivity contribution is 0.526. The maximum Gasteiger partial charge on any atom is 0.0417 e. The van der Waals surface area contributed by atoms with Gasteiger partial charge in [0.15, 0.2) is 0 Å². The number of halogens is 1. The molecule has 90 valence electrons. The molecule has 1 unspecified atom stereocenters. The van der Waals surface area contributed by atoms with E-state index in [0.717, 1.165) is 17.3 Å². The van der Waals surface area contributed by atoms with Gasteiger partial charge < -0.3 is 5.32 Å². The van der Waals surface area contributed by atoms with Crippen molar-refractivity contribution < 1.29 is 0 Å². The van der Waals surface area contributed by atoms with Gasteiger partial charge in [0.2, 0.25) is 0 Å². The fourth-order valence-electron chi connectivity index (χ4n) is 1.59. The first kappa shape index (κ1) is 13.9. The van der Waals surface area contributed by atoms with Gasteiger partial charge in [-0.15, -0.1) is 11.8 Å². The van der Waals surface area contributed by atoms with E-state index in [1.54, 1.807) is 0 Å². The van der Waals surface area contributed by atoms with Crippen molar-refractivity contribution in [3.8, 4) is 0 Å². The Kier molecular flexibility index (Phi) is 6.93. The monoisotopic (exact) mass is 257 g/mol. The standard InChI is InChI=1S/C13H20ClNS/c1-3-15-11(2)6-5-9-16-13-8-4-7-12(14)10-13/h4,7-8,10-11,15H,3,5-6,9H2,1-2H3. The van der Waals surface area contributed by atoms with Crippen LogP contribution in [-0.2, 0) is 0 Å². The van der Waals surface area contributed by atoms with E-state index in [2.05, 4.69) is 25.2 Å². The van der Waals surface area contributed by atoms with Gasteiger partial charge in [-0.3, -0.25) is 0 Å². The number of rotatable bonds is 7. The summed E-state index contributed by atoms with van der Waals surface area (Å²) in [5, 5.41) is 4.25. The van der Waals surface area contributed by atoms with Crippen LogP contribution in [0.4, 0.5) is 0 Å². The minimum atomic E-state index is 0.630. The molecule has 0 aliphatic rings. The van der Waals surface area contributed by atoms with Crippen molar-refractivity contribution in [2.75, 3.05) is 12.3 Å². The fraction of sp³-hybridized carbons (Fsp3) is 0.538. The van der Waals surface area contributed by atoms with E-state index < -0.39 is 0 Å². The van der Waals surface area contributed by atoms with Gasteiger partial charge in [-0.25, -0.2) is 0 Å². The molecule has 0 amide bonds. The van der Waals surface area contributed by atoms with Crippen LogP contribution in [0.2, 0.25) is 5.02 Å². The molecule has 1 atom stereocenters. The van der Waals surface area contributed by atoms with Crippen LogP contribution < -0.4 is 5.32 Å². The highest BCUT2D eigenvalue weighted by Gasteiger charge is 2.00. The molecule has 0 heterocycles. The molecule has 0 fully saturated rings. The predicted octanol–water partition coefficient (Wildman–Crippen LogP) is 4.21. The van der Waals surface area contributed by atoms with E-state index in [9.17, 15) is 0 Å². The zero-order valence-corrected chi connectivity index (χ0v) is 11.6. The number of nitrogens with one attached hydrogen (secondary N) is 1. The van der Waals surface area contributed by atoms with Crippen LogP contribution in [0, 0.1) is 0 Å². The third-order valence-corrected chi connectivity index (χ3v) is 3.71. The van der Waals surface area contributed by atoms with Crippen molar-refractivity contribution in [2.45, 2.75) is 37.6 Å². The second-order valence-electron chi connectivity index (χ2n) is 3.91. The molecule has 1 N–H and O–H groups in total. The van der Waals surface area contributed by atoms with Crippen molar-refractivity contribution in [1.82, 2.24) is 5.32 Å². The summed E-state index contributed by atoms with van der Waals surface area (Å²) in [4.78, 5) is 1.27. The molecule has 0 aromatic heterocycles. The minimum absolute atomic E-state index is 0.630. The predicted molar refractivity (Wildman–Crippen MR) is 74.5 cm³/mol. The van der Waals surface area contributed by atoms with Crippen molar-refractivity contribution in [3.63, 3.8) is 0 Å². The molecule has 1 aromatic carbocycles. The molecule has 1 aromatic rings. The van der Waals surface area contributed by atoms with Gasteiger partial charge in [0.05, 0.1) is 0 Å². The normalized spacial score (nSPS) is 12.7. The largest absolute Gasteiger partial charge is 0.315 e. The molecule has 3 heteroatoms. The summed E-state index contributed by atoms with van der Waals surface area (Å²) in [6.45, 7) is 5.45. The van der Waals surface area contributed by atoms with E-state index in [1.165, 1.54) is 17.7 Å². The number of hydrogen-bond donors (Lipinski definition) is 1. The topological polar surface area (TPSA) is 12.0 Å². The Labute approximate surface area is 108 Å². The van der Waals surface area contributed by atoms with E-state index in [-0.39, 0.29) is 0 Å². The van der Waals surface area contributed by atoms with Gasteiger partial charge in [0.25, 0.3) is 0 Å². The summed E-state index contributed by atoms with van der Waals surface area (Å²) in [5.41, 5.74) is 0.